The molecule has 4 rings (SSSR count). The van der Waals surface area contributed by atoms with Crippen LogP contribution in [0.3, 0.4) is 0 Å². The van der Waals surface area contributed by atoms with E-state index >= 15 is 0 Å². The smallest absolute Gasteiger partial charge is 0.144 e. The molecule has 0 aliphatic heterocycles. The minimum absolute atomic E-state index is 0.0186. The minimum Gasteiger partial charge on any atom is -0.357 e. The molecular formula is C26H27N3O. The van der Waals surface area contributed by atoms with E-state index in [0.717, 1.165) is 36.0 Å². The molecule has 1 aliphatic carbocycles. The lowest BCUT2D eigenvalue weighted by Crippen LogP contribution is -2.43. The van der Waals surface area contributed by atoms with Crippen LogP contribution in [0, 0.1) is 5.92 Å². The van der Waals surface area contributed by atoms with Gasteiger partial charge in [-0.05, 0) is 41.0 Å². The Morgan fingerprint density at radius 2 is 1.27 bits per heavy atom. The van der Waals surface area contributed by atoms with Crippen molar-refractivity contribution in [2.75, 3.05) is 0 Å². The zero-order valence-corrected chi connectivity index (χ0v) is 17.3. The highest BCUT2D eigenvalue weighted by atomic mass is 16.5. The van der Waals surface area contributed by atoms with E-state index in [0.29, 0.717) is 0 Å². The van der Waals surface area contributed by atoms with Gasteiger partial charge in [-0.15, -0.1) is 0 Å². The number of hydrogen-bond donors (Lipinski definition) is 0. The Hall–Kier alpha value is -3.07. The van der Waals surface area contributed by atoms with E-state index in [1.807, 2.05) is 18.2 Å². The summed E-state index contributed by atoms with van der Waals surface area (Å²) >= 11 is 0. The first kappa shape index (κ1) is 20.2. The Balaban J connectivity index is 1.88. The largest absolute Gasteiger partial charge is 0.357 e. The fourth-order valence-corrected chi connectivity index (χ4v) is 4.65. The van der Waals surface area contributed by atoms with Crippen LogP contribution >= 0.6 is 0 Å². The summed E-state index contributed by atoms with van der Waals surface area (Å²) in [6.45, 7) is 2.15. The van der Waals surface area contributed by atoms with Gasteiger partial charge in [0.2, 0.25) is 0 Å². The van der Waals surface area contributed by atoms with Gasteiger partial charge in [0.25, 0.3) is 0 Å². The Morgan fingerprint density at radius 1 is 0.800 bits per heavy atom. The van der Waals surface area contributed by atoms with E-state index in [9.17, 15) is 0 Å². The average Bonchev–Trinajstić information content (AvgIpc) is 2.82. The van der Waals surface area contributed by atoms with Gasteiger partial charge >= 0.3 is 0 Å². The first-order valence-electron chi connectivity index (χ1n) is 10.6. The normalized spacial score (nSPS) is 21.6. The summed E-state index contributed by atoms with van der Waals surface area (Å²) in [5, 5.41) is 4.06. The summed E-state index contributed by atoms with van der Waals surface area (Å²) < 4.78 is 7.14. The molecule has 152 valence electrons. The first-order chi connectivity index (χ1) is 14.8. The zero-order valence-electron chi connectivity index (χ0n) is 17.3. The number of hydrogen-bond acceptors (Lipinski definition) is 2. The molecule has 0 spiro atoms. The second-order valence-electron chi connectivity index (χ2n) is 8.00. The Bertz CT molecular complexity index is 888. The lowest BCUT2D eigenvalue weighted by Gasteiger charge is -2.43. The molecule has 0 N–H and O–H groups in total. The molecule has 0 bridgehead atoms. The van der Waals surface area contributed by atoms with Crippen molar-refractivity contribution in [2.24, 2.45) is 11.0 Å². The highest BCUT2D eigenvalue weighted by molar-refractivity contribution is 5.47. The second kappa shape index (κ2) is 9.17. The maximum atomic E-state index is 9.01. The number of ether oxygens (including phenoxy) is 1. The van der Waals surface area contributed by atoms with Crippen molar-refractivity contribution in [2.45, 2.75) is 43.9 Å². The van der Waals surface area contributed by atoms with Crippen LogP contribution in [0.15, 0.2) is 96.1 Å². The van der Waals surface area contributed by atoms with Crippen molar-refractivity contribution in [3.8, 4) is 0 Å². The van der Waals surface area contributed by atoms with Crippen LogP contribution in [0.2, 0.25) is 0 Å². The van der Waals surface area contributed by atoms with Gasteiger partial charge in [0.05, 0.1) is 6.10 Å². The van der Waals surface area contributed by atoms with Crippen molar-refractivity contribution in [3.05, 3.63) is 118 Å². The Labute approximate surface area is 178 Å². The van der Waals surface area contributed by atoms with Gasteiger partial charge in [-0.3, -0.25) is 0 Å². The standard InChI is InChI=1S/C26H27N3O/c1-20-24(28-29-27)18-11-19-25(20)30-26(21-12-5-2-6-13-21,22-14-7-3-8-15-22)23-16-9-4-10-17-23/h2-10,12-17,20,24-25H,11,18-19H2,1H3/t20-,24+,25-/m1/s1. The van der Waals surface area contributed by atoms with Gasteiger partial charge < -0.3 is 4.74 Å². The molecule has 3 aromatic carbocycles. The van der Waals surface area contributed by atoms with Crippen LogP contribution in [0.1, 0.15) is 42.9 Å². The second-order valence-corrected chi connectivity index (χ2v) is 8.00. The van der Waals surface area contributed by atoms with Crippen LogP contribution in [-0.4, -0.2) is 12.1 Å². The molecule has 4 nitrogen and oxygen atoms in total. The molecule has 0 aromatic heterocycles. The SMILES string of the molecule is C[C@@H]1[C@@H](N=[N+]=[N-])CCC[C@H]1OC(c1ccccc1)(c1ccccc1)c1ccccc1. The number of benzene rings is 3. The molecule has 1 fully saturated rings. The van der Waals surface area contributed by atoms with Crippen molar-refractivity contribution >= 4 is 0 Å². The zero-order chi connectivity index (χ0) is 20.8. The molecule has 30 heavy (non-hydrogen) atoms. The van der Waals surface area contributed by atoms with Gasteiger partial charge in [0, 0.05) is 11.0 Å². The van der Waals surface area contributed by atoms with E-state index in [1.165, 1.54) is 0 Å². The lowest BCUT2D eigenvalue weighted by atomic mass is 9.78. The third-order valence-corrected chi connectivity index (χ3v) is 6.25. The maximum Gasteiger partial charge on any atom is 0.144 e. The molecule has 4 heteroatoms. The average molecular weight is 398 g/mol. The fraction of sp³-hybridized carbons (Fsp3) is 0.308. The molecule has 0 unspecified atom stereocenters. The third kappa shape index (κ3) is 3.85. The predicted molar refractivity (Wildman–Crippen MR) is 120 cm³/mol. The molecule has 1 saturated carbocycles. The lowest BCUT2D eigenvalue weighted by molar-refractivity contribution is -0.0890. The molecule has 0 heterocycles. The molecule has 3 atom stereocenters. The monoisotopic (exact) mass is 397 g/mol. The highest BCUT2D eigenvalue weighted by Crippen LogP contribution is 2.44. The highest BCUT2D eigenvalue weighted by Gasteiger charge is 2.42. The summed E-state index contributed by atoms with van der Waals surface area (Å²) in [6.07, 6.45) is 2.84. The van der Waals surface area contributed by atoms with Gasteiger partial charge in [-0.2, -0.15) is 0 Å². The number of nitrogens with zero attached hydrogens (tertiary/aromatic N) is 3. The number of azide groups is 1. The van der Waals surface area contributed by atoms with Crippen LogP contribution in [0.5, 0.6) is 0 Å². The van der Waals surface area contributed by atoms with Crippen molar-refractivity contribution < 1.29 is 4.74 Å². The van der Waals surface area contributed by atoms with Gasteiger partial charge in [0.1, 0.15) is 5.60 Å². The summed E-state index contributed by atoms with van der Waals surface area (Å²) in [5.74, 6) is 0.144. The molecular weight excluding hydrogens is 370 g/mol. The third-order valence-electron chi connectivity index (χ3n) is 6.25. The van der Waals surface area contributed by atoms with E-state index < -0.39 is 5.60 Å². The van der Waals surface area contributed by atoms with Crippen molar-refractivity contribution in [1.29, 1.82) is 0 Å². The Morgan fingerprint density at radius 3 is 1.70 bits per heavy atom. The van der Waals surface area contributed by atoms with Gasteiger partial charge in [-0.25, -0.2) is 0 Å². The minimum atomic E-state index is -0.735. The van der Waals surface area contributed by atoms with Crippen LogP contribution < -0.4 is 0 Å². The molecule has 0 radical (unpaired) electrons. The topological polar surface area (TPSA) is 58.0 Å². The summed E-state index contributed by atoms with van der Waals surface area (Å²) in [7, 11) is 0. The predicted octanol–water partition coefficient (Wildman–Crippen LogP) is 6.86. The van der Waals surface area contributed by atoms with E-state index in [1.54, 1.807) is 0 Å². The van der Waals surface area contributed by atoms with E-state index in [4.69, 9.17) is 10.3 Å². The van der Waals surface area contributed by atoms with Gasteiger partial charge in [-0.1, -0.05) is 109 Å². The van der Waals surface area contributed by atoms with Crippen LogP contribution in [0.25, 0.3) is 10.4 Å². The quantitative estimate of drug-likeness (QED) is 0.194. The van der Waals surface area contributed by atoms with Crippen molar-refractivity contribution in [3.63, 3.8) is 0 Å². The summed E-state index contributed by atoms with van der Waals surface area (Å²) in [5.41, 5.74) is 11.6. The Kier molecular flexibility index (Phi) is 6.18. The summed E-state index contributed by atoms with van der Waals surface area (Å²) in [4.78, 5) is 3.08. The van der Waals surface area contributed by atoms with E-state index in [-0.39, 0.29) is 18.1 Å². The van der Waals surface area contributed by atoms with Gasteiger partial charge in [0.15, 0.2) is 0 Å². The van der Waals surface area contributed by atoms with Crippen molar-refractivity contribution in [1.82, 2.24) is 0 Å². The van der Waals surface area contributed by atoms with Crippen LogP contribution in [0.4, 0.5) is 0 Å². The molecule has 0 saturated heterocycles. The molecule has 0 amide bonds. The van der Waals surface area contributed by atoms with Crippen LogP contribution in [-0.2, 0) is 10.3 Å². The maximum absolute atomic E-state index is 9.01. The molecule has 3 aromatic rings. The van der Waals surface area contributed by atoms with E-state index in [2.05, 4.69) is 89.7 Å². The first-order valence-corrected chi connectivity index (χ1v) is 10.6. The molecule has 1 aliphatic rings. The number of rotatable bonds is 6. The fourth-order valence-electron chi connectivity index (χ4n) is 4.65. The summed E-state index contributed by atoms with van der Waals surface area (Å²) in [6, 6.07) is 31.3.